The number of halogens is 6. The summed E-state index contributed by atoms with van der Waals surface area (Å²) in [5, 5.41) is 124. The maximum Gasteiger partial charge on any atom is 0.394 e. The van der Waals surface area contributed by atoms with E-state index in [9.17, 15) is 29.0 Å². The third kappa shape index (κ3) is 52.3. The Balaban J connectivity index is -0.000000126. The lowest BCUT2D eigenvalue weighted by molar-refractivity contribution is -0.138. The fourth-order valence-corrected chi connectivity index (χ4v) is 6.01. The summed E-state index contributed by atoms with van der Waals surface area (Å²) < 4.78 is 55.2. The molecule has 0 saturated carbocycles. The van der Waals surface area contributed by atoms with Crippen molar-refractivity contribution in [1.82, 2.24) is 73.9 Å². The van der Waals surface area contributed by atoms with Crippen molar-refractivity contribution in [3.05, 3.63) is 99.3 Å². The average Bonchev–Trinajstić information content (AvgIpc) is 1.73. The highest BCUT2D eigenvalue weighted by Gasteiger charge is 2.17. The van der Waals surface area contributed by atoms with Gasteiger partial charge in [0.1, 0.15) is 45.8 Å². The number of nitrogens with zero attached hydrogens (tertiary/aromatic N) is 17. The molecular formula is C52H99Cl6N27O24S. The summed E-state index contributed by atoms with van der Waals surface area (Å²) in [5.41, 5.74) is 46.4. The lowest BCUT2D eigenvalue weighted by Crippen LogP contribution is -2.24. The second-order valence-corrected chi connectivity index (χ2v) is 18.7. The second-order valence-electron chi connectivity index (χ2n) is 17.8. The van der Waals surface area contributed by atoms with Crippen molar-refractivity contribution in [2.75, 3.05) is 132 Å². The number of hydrazine groups is 1. The lowest BCUT2D eigenvalue weighted by Gasteiger charge is -2.02. The van der Waals surface area contributed by atoms with Crippen LogP contribution in [0.5, 0.6) is 0 Å². The Hall–Kier alpha value is -9.85. The monoisotopic (exact) mass is 1730 g/mol. The Morgan fingerprint density at radius 1 is 0.491 bits per heavy atom. The third-order valence-corrected chi connectivity index (χ3v) is 10.6. The van der Waals surface area contributed by atoms with Gasteiger partial charge in [-0.2, -0.15) is 44.1 Å². The number of rotatable bonds is 26. The SMILES string of the molecule is CCO.CCOC(=O)c1cnn(CCO)c1N.Cl.Cl.Cl.Cl.Cl.Cl.NNCCO.Nc1c(C(=O)O)cnn1CCO.Nc1c(C(=O)O)cnn1CCO.Nc1c(N=O)cnn1CCO.Nc1c(N=O)cnn1CCO.Nc1ccnn1CCO.Nc1cnn(CCO)c1N.O=S(=O)(O)O.[C-]#[N+]/C(=C\OCC)C(=O)OCC. The standard InChI is InChI=1S/C8H13N3O3.C8H11NO3.2C6H9N3O3.2C5H8N4O2.C5H10N4O.C5H9N3O.C2H8N2O.C2H6O.6ClH.H2O4S/c1-2-14-8(13)6-5-10-11(3-4-12)7(6)9;1-4-11-6-7(9-3)8(10)12-5-2;2*7-5-4(6(11)12)3-8-9(5)1-2-10;2*6-5-4(8-11)3-7-9(5)1-2-10;6-4-3-8-9(1-2-10)5(4)7;6-5-1-2-7-8(5)3-4-9;3-4-1-2-5;1-2-3;;;;;;;1-5(2,3)4/h5,12H,2-4,9H2,1H3;6H,4-5H2,1-2H3;2*3,10H,1-2,7H2,(H,11,12);2*3,10H,1-2,6H2;3,10H,1-2,6-7H2;1-2,9H,3-4,6H2;4-5H,1-3H2;3H,2H2,1H3;6*1H;(H2,1,2,3,4)/b;7-6-;;;;;;;;;;;;;;;. The molecular weight excluding hydrogens is 1630 g/mol. The van der Waals surface area contributed by atoms with Crippen LogP contribution in [0.15, 0.2) is 71.8 Å². The molecule has 32 N–H and O–H groups in total. The molecule has 634 valence electrons. The van der Waals surface area contributed by atoms with Crippen molar-refractivity contribution in [3.63, 3.8) is 0 Å². The first-order valence-corrected chi connectivity index (χ1v) is 30.9. The molecule has 7 rings (SSSR count). The van der Waals surface area contributed by atoms with E-state index in [1.54, 1.807) is 44.6 Å². The Morgan fingerprint density at radius 2 is 0.800 bits per heavy atom. The van der Waals surface area contributed by atoms with Crippen molar-refractivity contribution in [3.8, 4) is 0 Å². The molecule has 0 aliphatic carbocycles. The molecule has 0 aliphatic heterocycles. The van der Waals surface area contributed by atoms with Crippen LogP contribution in [-0.2, 0) is 75.2 Å². The van der Waals surface area contributed by atoms with E-state index in [0.29, 0.717) is 50.2 Å². The molecule has 51 nitrogen and oxygen atoms in total. The van der Waals surface area contributed by atoms with Crippen LogP contribution in [0.4, 0.5) is 57.8 Å². The van der Waals surface area contributed by atoms with Crippen LogP contribution in [0.2, 0.25) is 0 Å². The minimum absolute atomic E-state index is 0. The fourth-order valence-electron chi connectivity index (χ4n) is 6.01. The fraction of sp³-hybridized carbons (Fsp3) is 0.462. The van der Waals surface area contributed by atoms with E-state index in [2.05, 4.69) is 61.1 Å². The molecule has 0 unspecified atom stereocenters. The van der Waals surface area contributed by atoms with Crippen LogP contribution in [0.25, 0.3) is 4.85 Å². The number of hydrogen-bond donors (Lipinski definition) is 23. The van der Waals surface area contributed by atoms with E-state index < -0.39 is 34.3 Å². The smallest absolute Gasteiger partial charge is 0.394 e. The van der Waals surface area contributed by atoms with Crippen molar-refractivity contribution in [1.29, 1.82) is 0 Å². The molecule has 0 spiro atoms. The summed E-state index contributed by atoms with van der Waals surface area (Å²) in [5.74, 6) is 3.10. The molecule has 7 aromatic heterocycles. The minimum Gasteiger partial charge on any atom is -0.512 e. The summed E-state index contributed by atoms with van der Waals surface area (Å²) in [6.45, 7) is 17.0. The summed E-state index contributed by atoms with van der Waals surface area (Å²) in [7, 11) is -4.67. The molecule has 7 heterocycles. The van der Waals surface area contributed by atoms with Crippen LogP contribution >= 0.6 is 74.4 Å². The molecule has 0 aromatic carbocycles. The largest absolute Gasteiger partial charge is 0.512 e. The van der Waals surface area contributed by atoms with Gasteiger partial charge in [-0.1, -0.05) is 0 Å². The van der Waals surface area contributed by atoms with E-state index in [-0.39, 0.29) is 236 Å². The number of esters is 2. The number of nitroso groups, excluding NO2 is 2. The highest BCUT2D eigenvalue weighted by atomic mass is 35.5. The Labute approximate surface area is 665 Å². The number of aliphatic hydroxyl groups excluding tert-OH is 9. The molecule has 110 heavy (non-hydrogen) atoms. The average molecular weight is 1730 g/mol. The van der Waals surface area contributed by atoms with E-state index in [0.717, 1.165) is 18.7 Å². The predicted molar refractivity (Wildman–Crippen MR) is 414 cm³/mol. The van der Waals surface area contributed by atoms with Crippen LogP contribution in [0.3, 0.4) is 0 Å². The maximum absolute atomic E-state index is 11.3. The summed E-state index contributed by atoms with van der Waals surface area (Å²) in [6.07, 6.45) is 10.4. The summed E-state index contributed by atoms with van der Waals surface area (Å²) in [6, 6.07) is 1.69. The zero-order chi connectivity index (χ0) is 80.3. The first-order chi connectivity index (χ1) is 49.3. The quantitative estimate of drug-likeness (QED) is 0.00401. The number of ether oxygens (including phenoxy) is 3. The number of carboxylic acid groups (broad SMARTS) is 2. The minimum atomic E-state index is -4.67. The van der Waals surface area contributed by atoms with Gasteiger partial charge in [-0.05, 0) is 44.1 Å². The number of hydrogen-bond acceptors (Lipinski definition) is 39. The van der Waals surface area contributed by atoms with Gasteiger partial charge in [-0.25, -0.2) is 52.0 Å². The molecule has 0 bridgehead atoms. The lowest BCUT2D eigenvalue weighted by atomic mass is 10.3. The number of nitrogens with two attached hydrogens (primary N) is 9. The van der Waals surface area contributed by atoms with Gasteiger partial charge < -0.3 is 116 Å². The van der Waals surface area contributed by atoms with Crippen LogP contribution in [-0.4, -0.2) is 252 Å². The number of anilines is 8. The number of carbonyl (C=O) groups is 4. The summed E-state index contributed by atoms with van der Waals surface area (Å²) in [4.78, 5) is 66.0. The molecule has 0 fully saturated rings. The number of aromatic nitrogens is 14. The molecule has 0 amide bonds. The van der Waals surface area contributed by atoms with Gasteiger partial charge in [0.15, 0.2) is 23.0 Å². The van der Waals surface area contributed by atoms with Crippen LogP contribution in [0.1, 0.15) is 58.8 Å². The number of nitrogens with one attached hydrogen (secondary N) is 1. The third-order valence-electron chi connectivity index (χ3n) is 10.6. The van der Waals surface area contributed by atoms with Crippen molar-refractivity contribution < 1.29 is 107 Å². The zero-order valence-electron chi connectivity index (χ0n) is 59.3. The molecule has 7 aromatic rings. The van der Waals surface area contributed by atoms with Gasteiger partial charge in [0.2, 0.25) is 0 Å². The number of carbonyl (C=O) groups excluding carboxylic acids is 2. The number of aliphatic hydroxyl groups is 9. The highest BCUT2D eigenvalue weighted by molar-refractivity contribution is 7.79. The van der Waals surface area contributed by atoms with E-state index >= 15 is 0 Å². The van der Waals surface area contributed by atoms with Gasteiger partial charge >= 0.3 is 40.0 Å². The van der Waals surface area contributed by atoms with E-state index in [4.69, 9.17) is 141 Å². The molecule has 0 saturated heterocycles. The summed E-state index contributed by atoms with van der Waals surface area (Å²) >= 11 is 0. The maximum atomic E-state index is 11.3. The van der Waals surface area contributed by atoms with E-state index in [1.165, 1.54) is 52.9 Å². The number of nitrogen functional groups attached to an aromatic ring is 8. The van der Waals surface area contributed by atoms with Crippen molar-refractivity contribution >= 4 is 167 Å². The topological polar surface area (TPSA) is 827 Å². The highest BCUT2D eigenvalue weighted by Crippen LogP contribution is 2.21. The van der Waals surface area contributed by atoms with Gasteiger partial charge in [0, 0.05) is 13.2 Å². The molecule has 0 radical (unpaired) electrons. The predicted octanol–water partition coefficient (Wildman–Crippen LogP) is -2.18. The van der Waals surface area contributed by atoms with Gasteiger partial charge in [-0.3, -0.25) is 25.2 Å². The van der Waals surface area contributed by atoms with Crippen molar-refractivity contribution in [2.45, 2.75) is 73.5 Å². The van der Waals surface area contributed by atoms with E-state index in [1.807, 2.05) is 0 Å². The second kappa shape index (κ2) is 73.3. The first-order valence-electron chi connectivity index (χ1n) is 29.5. The van der Waals surface area contributed by atoms with Gasteiger partial charge in [0.05, 0.1) is 180 Å². The first kappa shape index (κ1) is 121. The Kier molecular flexibility index (Phi) is 80.7. The van der Waals surface area contributed by atoms with Crippen molar-refractivity contribution in [2.24, 2.45) is 16.2 Å². The van der Waals surface area contributed by atoms with Gasteiger partial charge in [0.25, 0.3) is 0 Å². The molecule has 0 atom stereocenters. The van der Waals surface area contributed by atoms with Crippen LogP contribution in [0, 0.1) is 16.4 Å². The Bertz CT molecular complexity index is 3600. The number of aromatic carboxylic acids is 2. The zero-order valence-corrected chi connectivity index (χ0v) is 65.0. The number of carboxylic acids is 2. The molecule has 0 aliphatic rings. The normalized spacial score (nSPS) is 9.39. The van der Waals surface area contributed by atoms with Crippen LogP contribution < -0.4 is 57.1 Å². The van der Waals surface area contributed by atoms with Gasteiger partial charge in [-0.15, -0.1) is 84.3 Å². The molecule has 58 heteroatoms. The Morgan fingerprint density at radius 3 is 1.04 bits per heavy atom.